The van der Waals surface area contributed by atoms with Crippen LogP contribution >= 0.6 is 11.8 Å². The zero-order valence-corrected chi connectivity index (χ0v) is 11.8. The second-order valence-electron chi connectivity index (χ2n) is 4.48. The number of hydrogen-bond donors (Lipinski definition) is 2. The molecule has 5 nitrogen and oxygen atoms in total. The molecule has 0 aromatic heterocycles. The van der Waals surface area contributed by atoms with Gasteiger partial charge in [-0.25, -0.2) is 10.6 Å². The van der Waals surface area contributed by atoms with Gasteiger partial charge in [0.2, 0.25) is 0 Å². The second-order valence-corrected chi connectivity index (χ2v) is 5.44. The van der Waals surface area contributed by atoms with Crippen LogP contribution in [0.25, 0.3) is 10.8 Å². The molecule has 0 aliphatic carbocycles. The number of benzene rings is 2. The second kappa shape index (κ2) is 5.59. The highest BCUT2D eigenvalue weighted by Gasteiger charge is 2.34. The summed E-state index contributed by atoms with van der Waals surface area (Å²) in [4.78, 5) is 24.3. The van der Waals surface area contributed by atoms with Gasteiger partial charge in [-0.15, -0.1) is 11.8 Å². The monoisotopic (exact) mass is 298 g/mol. The zero-order chi connectivity index (χ0) is 14.8. The SMILES string of the molecule is NNC(=O)N1C([C]=O)=CSC1c1cccc2ccccc12. The predicted octanol–water partition coefficient (Wildman–Crippen LogP) is 2.42. The van der Waals surface area contributed by atoms with E-state index >= 15 is 0 Å². The molecular weight excluding hydrogens is 286 g/mol. The Balaban J connectivity index is 2.10. The van der Waals surface area contributed by atoms with Crippen molar-refractivity contribution in [1.29, 1.82) is 0 Å². The lowest BCUT2D eigenvalue weighted by molar-refractivity contribution is 0.211. The summed E-state index contributed by atoms with van der Waals surface area (Å²) in [5.74, 6) is 5.21. The van der Waals surface area contributed by atoms with E-state index in [-0.39, 0.29) is 11.1 Å². The first-order chi connectivity index (χ1) is 10.3. The van der Waals surface area contributed by atoms with Crippen LogP contribution in [0.1, 0.15) is 10.9 Å². The van der Waals surface area contributed by atoms with E-state index in [9.17, 15) is 9.59 Å². The van der Waals surface area contributed by atoms with E-state index < -0.39 is 6.03 Å². The van der Waals surface area contributed by atoms with E-state index in [1.807, 2.05) is 42.5 Å². The maximum Gasteiger partial charge on any atom is 0.337 e. The standard InChI is InChI=1S/C15H12N3O2S/c16-17-15(20)18-11(8-19)9-21-14(18)13-7-3-5-10-4-1-2-6-12(10)13/h1-7,9,14H,16H2,(H,17,20). The molecule has 1 unspecified atom stereocenters. The normalized spacial score (nSPS) is 17.7. The summed E-state index contributed by atoms with van der Waals surface area (Å²) in [7, 11) is 0. The molecule has 0 saturated heterocycles. The van der Waals surface area contributed by atoms with Gasteiger partial charge in [0.1, 0.15) is 11.1 Å². The molecule has 21 heavy (non-hydrogen) atoms. The molecule has 0 bridgehead atoms. The number of thioether (sulfide) groups is 1. The van der Waals surface area contributed by atoms with Crippen LogP contribution in [-0.4, -0.2) is 17.2 Å². The molecule has 1 heterocycles. The first-order valence-corrected chi connectivity index (χ1v) is 7.22. The summed E-state index contributed by atoms with van der Waals surface area (Å²) < 4.78 is 0. The molecule has 3 rings (SSSR count). The third kappa shape index (κ3) is 2.28. The molecule has 0 saturated carbocycles. The van der Waals surface area contributed by atoms with Gasteiger partial charge in [0.25, 0.3) is 6.29 Å². The molecule has 6 heteroatoms. The first kappa shape index (κ1) is 13.7. The third-order valence-electron chi connectivity index (χ3n) is 3.34. The fraction of sp³-hybridized carbons (Fsp3) is 0.0667. The van der Waals surface area contributed by atoms with Crippen molar-refractivity contribution in [2.75, 3.05) is 0 Å². The van der Waals surface area contributed by atoms with Gasteiger partial charge in [0.15, 0.2) is 0 Å². The van der Waals surface area contributed by atoms with Gasteiger partial charge in [-0.3, -0.25) is 15.1 Å². The highest BCUT2D eigenvalue weighted by Crippen LogP contribution is 2.44. The minimum atomic E-state index is -0.535. The van der Waals surface area contributed by atoms with Gasteiger partial charge in [0.05, 0.1) is 0 Å². The van der Waals surface area contributed by atoms with Crippen molar-refractivity contribution >= 4 is 34.9 Å². The average Bonchev–Trinajstić information content (AvgIpc) is 2.97. The summed E-state index contributed by atoms with van der Waals surface area (Å²) in [5, 5.41) is 3.39. The number of amides is 2. The Morgan fingerprint density at radius 3 is 2.76 bits per heavy atom. The molecule has 1 aliphatic heterocycles. The van der Waals surface area contributed by atoms with E-state index in [4.69, 9.17) is 5.84 Å². The number of urea groups is 1. The largest absolute Gasteiger partial charge is 0.337 e. The number of rotatable bonds is 2. The number of nitrogens with two attached hydrogens (primary N) is 1. The van der Waals surface area contributed by atoms with Gasteiger partial charge in [-0.1, -0.05) is 42.5 Å². The minimum Gasteiger partial charge on any atom is -0.283 e. The molecule has 1 atom stereocenters. The first-order valence-electron chi connectivity index (χ1n) is 6.27. The fourth-order valence-corrected chi connectivity index (χ4v) is 3.51. The number of nitrogens with one attached hydrogen (secondary N) is 1. The lowest BCUT2D eigenvalue weighted by Crippen LogP contribution is -2.42. The minimum absolute atomic E-state index is 0.181. The van der Waals surface area contributed by atoms with Crippen LogP contribution in [0, 0.1) is 0 Å². The van der Waals surface area contributed by atoms with Crippen molar-refractivity contribution in [3.05, 3.63) is 59.1 Å². The molecule has 1 aliphatic rings. The van der Waals surface area contributed by atoms with E-state index in [1.165, 1.54) is 16.7 Å². The number of nitrogens with zero attached hydrogens (tertiary/aromatic N) is 1. The summed E-state index contributed by atoms with van der Waals surface area (Å²) in [6.45, 7) is 0. The average molecular weight is 298 g/mol. The van der Waals surface area contributed by atoms with Gasteiger partial charge in [-0.05, 0) is 16.3 Å². The highest BCUT2D eigenvalue weighted by molar-refractivity contribution is 8.02. The topological polar surface area (TPSA) is 75.4 Å². The Morgan fingerprint density at radius 1 is 1.24 bits per heavy atom. The molecular formula is C15H12N3O2S. The molecule has 2 amide bonds. The highest BCUT2D eigenvalue weighted by atomic mass is 32.2. The van der Waals surface area contributed by atoms with Crippen LogP contribution in [0.3, 0.4) is 0 Å². The van der Waals surface area contributed by atoms with E-state index in [0.717, 1.165) is 16.3 Å². The number of hydrogen-bond acceptors (Lipinski definition) is 4. The Morgan fingerprint density at radius 2 is 2.00 bits per heavy atom. The van der Waals surface area contributed by atoms with E-state index in [1.54, 1.807) is 11.7 Å². The molecule has 2 aromatic rings. The van der Waals surface area contributed by atoms with Gasteiger partial charge >= 0.3 is 6.03 Å². The predicted molar refractivity (Wildman–Crippen MR) is 82.6 cm³/mol. The molecule has 105 valence electrons. The zero-order valence-electron chi connectivity index (χ0n) is 10.9. The smallest absolute Gasteiger partial charge is 0.283 e. The fourth-order valence-electron chi connectivity index (χ4n) is 2.41. The number of hydrazine groups is 1. The third-order valence-corrected chi connectivity index (χ3v) is 4.42. The van der Waals surface area contributed by atoms with Gasteiger partial charge in [0, 0.05) is 5.41 Å². The summed E-state index contributed by atoms with van der Waals surface area (Å²) in [6.07, 6.45) is 1.78. The van der Waals surface area contributed by atoms with Crippen molar-refractivity contribution in [1.82, 2.24) is 10.3 Å². The maximum atomic E-state index is 12.0. The van der Waals surface area contributed by atoms with Crippen LogP contribution < -0.4 is 11.3 Å². The van der Waals surface area contributed by atoms with Gasteiger partial charge in [-0.2, -0.15) is 0 Å². The Kier molecular flexibility index (Phi) is 3.64. The Hall–Kier alpha value is -2.31. The summed E-state index contributed by atoms with van der Waals surface area (Å²) >= 11 is 1.38. The summed E-state index contributed by atoms with van der Waals surface area (Å²) in [5.41, 5.74) is 3.20. The number of carbonyl (C=O) groups is 1. The number of allylic oxidation sites excluding steroid dienone is 1. The quantitative estimate of drug-likeness (QED) is 0.507. The Bertz CT molecular complexity index is 739. The van der Waals surface area contributed by atoms with Crippen molar-refractivity contribution < 1.29 is 9.59 Å². The number of carbonyl (C=O) groups excluding carboxylic acids is 2. The summed E-state index contributed by atoms with van der Waals surface area (Å²) in [6, 6.07) is 13.2. The van der Waals surface area contributed by atoms with Crippen LogP contribution in [-0.2, 0) is 4.79 Å². The molecule has 2 aromatic carbocycles. The molecule has 1 radical (unpaired) electrons. The van der Waals surface area contributed by atoms with Crippen molar-refractivity contribution in [3.63, 3.8) is 0 Å². The number of fused-ring (bicyclic) bond motifs is 1. The molecule has 3 N–H and O–H groups in total. The van der Waals surface area contributed by atoms with E-state index in [0.29, 0.717) is 0 Å². The van der Waals surface area contributed by atoms with Crippen molar-refractivity contribution in [2.45, 2.75) is 5.37 Å². The molecule has 0 spiro atoms. The maximum absolute atomic E-state index is 12.0. The van der Waals surface area contributed by atoms with Crippen LogP contribution in [0.15, 0.2) is 53.6 Å². The van der Waals surface area contributed by atoms with Crippen molar-refractivity contribution in [2.24, 2.45) is 5.84 Å². The Labute approximate surface area is 125 Å². The van der Waals surface area contributed by atoms with Crippen LogP contribution in [0.5, 0.6) is 0 Å². The van der Waals surface area contributed by atoms with Crippen molar-refractivity contribution in [3.8, 4) is 0 Å². The van der Waals surface area contributed by atoms with Crippen LogP contribution in [0.2, 0.25) is 0 Å². The van der Waals surface area contributed by atoms with Gasteiger partial charge < -0.3 is 0 Å². The van der Waals surface area contributed by atoms with E-state index in [2.05, 4.69) is 5.43 Å². The van der Waals surface area contributed by atoms with Crippen LogP contribution in [0.4, 0.5) is 4.79 Å². The lowest BCUT2D eigenvalue weighted by Gasteiger charge is -2.25. The molecule has 0 fully saturated rings. The lowest BCUT2D eigenvalue weighted by atomic mass is 10.0.